The Kier molecular flexibility index (Phi) is 5.26. The highest BCUT2D eigenvalue weighted by molar-refractivity contribution is 5.87. The molecule has 128 valence electrons. The van der Waals surface area contributed by atoms with Gasteiger partial charge in [-0.2, -0.15) is 5.10 Å². The monoisotopic (exact) mass is 339 g/mol. The van der Waals surface area contributed by atoms with Crippen LogP contribution in [0.1, 0.15) is 11.1 Å². The van der Waals surface area contributed by atoms with Gasteiger partial charge in [0.15, 0.2) is 11.5 Å². The predicted molar refractivity (Wildman–Crippen MR) is 91.5 cm³/mol. The smallest absolute Gasteiger partial charge is 0.259 e. The Morgan fingerprint density at radius 1 is 1.04 bits per heavy atom. The van der Waals surface area contributed by atoms with Crippen molar-refractivity contribution in [1.29, 1.82) is 0 Å². The summed E-state index contributed by atoms with van der Waals surface area (Å²) in [7, 11) is 0. The summed E-state index contributed by atoms with van der Waals surface area (Å²) in [5, 5.41) is 6.41. The lowest BCUT2D eigenvalue weighted by atomic mass is 10.1. The Morgan fingerprint density at radius 3 is 2.68 bits per heavy atom. The molecular formula is C18H17N3O4. The lowest BCUT2D eigenvalue weighted by Crippen LogP contribution is -2.35. The van der Waals surface area contributed by atoms with Crippen LogP contribution in [0.3, 0.4) is 0 Å². The third kappa shape index (κ3) is 4.81. The molecule has 1 aliphatic rings. The Balaban J connectivity index is 1.41. The minimum atomic E-state index is -0.404. The molecule has 0 atom stereocenters. The quantitative estimate of drug-likeness (QED) is 0.612. The van der Waals surface area contributed by atoms with Crippen molar-refractivity contribution in [2.24, 2.45) is 5.10 Å². The molecule has 25 heavy (non-hydrogen) atoms. The van der Waals surface area contributed by atoms with Crippen LogP contribution in [0.4, 0.5) is 0 Å². The van der Waals surface area contributed by atoms with Gasteiger partial charge in [0, 0.05) is 0 Å². The average molecular weight is 339 g/mol. The molecule has 0 aromatic heterocycles. The molecule has 2 aromatic carbocycles. The molecule has 0 spiro atoms. The minimum absolute atomic E-state index is 0.135. The summed E-state index contributed by atoms with van der Waals surface area (Å²) in [6.07, 6.45) is 1.72. The fraction of sp³-hybridized carbons (Fsp3) is 0.167. The van der Waals surface area contributed by atoms with Gasteiger partial charge in [-0.15, -0.1) is 0 Å². The lowest BCUT2D eigenvalue weighted by Gasteiger charge is -2.04. The number of rotatable bonds is 6. The first-order valence-corrected chi connectivity index (χ1v) is 7.73. The van der Waals surface area contributed by atoms with E-state index in [0.29, 0.717) is 11.5 Å². The highest BCUT2D eigenvalue weighted by atomic mass is 16.7. The van der Waals surface area contributed by atoms with Gasteiger partial charge in [0.25, 0.3) is 5.91 Å². The maximum absolute atomic E-state index is 11.8. The summed E-state index contributed by atoms with van der Waals surface area (Å²) < 4.78 is 10.5. The maximum atomic E-state index is 11.8. The second-order valence-electron chi connectivity index (χ2n) is 5.34. The van der Waals surface area contributed by atoms with Crippen LogP contribution in [0, 0.1) is 0 Å². The van der Waals surface area contributed by atoms with Crippen LogP contribution >= 0.6 is 0 Å². The summed E-state index contributed by atoms with van der Waals surface area (Å²) in [6, 6.07) is 14.7. The molecule has 3 rings (SSSR count). The van der Waals surface area contributed by atoms with E-state index in [-0.39, 0.29) is 25.7 Å². The predicted octanol–water partition coefficient (Wildman–Crippen LogP) is 1.22. The number of ether oxygens (including phenoxy) is 2. The third-order valence-corrected chi connectivity index (χ3v) is 3.45. The highest BCUT2D eigenvalue weighted by Gasteiger charge is 2.12. The summed E-state index contributed by atoms with van der Waals surface area (Å²) in [5.74, 6) is 0.699. The first-order valence-electron chi connectivity index (χ1n) is 7.73. The van der Waals surface area contributed by atoms with Gasteiger partial charge in [-0.25, -0.2) is 5.43 Å². The molecule has 7 heteroatoms. The van der Waals surface area contributed by atoms with E-state index in [4.69, 9.17) is 9.47 Å². The fourth-order valence-electron chi connectivity index (χ4n) is 2.23. The molecule has 0 unspecified atom stereocenters. The molecule has 0 saturated heterocycles. The van der Waals surface area contributed by atoms with Gasteiger partial charge in [0.05, 0.1) is 19.2 Å². The third-order valence-electron chi connectivity index (χ3n) is 3.45. The Labute approximate surface area is 144 Å². The second kappa shape index (κ2) is 7.96. The van der Waals surface area contributed by atoms with Gasteiger partial charge >= 0.3 is 0 Å². The number of benzene rings is 2. The van der Waals surface area contributed by atoms with Crippen LogP contribution in [0.15, 0.2) is 53.6 Å². The summed E-state index contributed by atoms with van der Waals surface area (Å²) in [4.78, 5) is 23.5. The molecule has 7 nitrogen and oxygen atoms in total. The number of fused-ring (bicyclic) bond motifs is 1. The van der Waals surface area contributed by atoms with Crippen molar-refractivity contribution in [2.75, 3.05) is 13.3 Å². The number of amides is 2. The maximum Gasteiger partial charge on any atom is 0.259 e. The Hall–Kier alpha value is -3.35. The van der Waals surface area contributed by atoms with Crippen molar-refractivity contribution in [3.05, 3.63) is 59.7 Å². The van der Waals surface area contributed by atoms with Crippen LogP contribution in [0.5, 0.6) is 11.5 Å². The van der Waals surface area contributed by atoms with Crippen LogP contribution in [0.25, 0.3) is 0 Å². The SMILES string of the molecule is O=C(Cc1ccccc1)NCC(=O)NN=Cc1ccc2c(c1)OCO2. The molecule has 0 aliphatic carbocycles. The average Bonchev–Trinajstić information content (AvgIpc) is 3.09. The van der Waals surface area contributed by atoms with E-state index in [1.807, 2.05) is 30.3 Å². The molecular weight excluding hydrogens is 322 g/mol. The van der Waals surface area contributed by atoms with E-state index in [1.54, 1.807) is 18.2 Å². The minimum Gasteiger partial charge on any atom is -0.454 e. The first kappa shape index (κ1) is 16.5. The lowest BCUT2D eigenvalue weighted by molar-refractivity contribution is -0.125. The first-order chi connectivity index (χ1) is 12.2. The molecule has 1 aliphatic heterocycles. The normalized spacial score (nSPS) is 12.2. The molecule has 0 radical (unpaired) electrons. The molecule has 0 fully saturated rings. The fourth-order valence-corrected chi connectivity index (χ4v) is 2.23. The zero-order valence-electron chi connectivity index (χ0n) is 13.4. The van der Waals surface area contributed by atoms with Crippen molar-refractivity contribution in [3.8, 4) is 11.5 Å². The summed E-state index contributed by atoms with van der Waals surface area (Å²) >= 11 is 0. The summed E-state index contributed by atoms with van der Waals surface area (Å²) in [5.41, 5.74) is 4.01. The van der Waals surface area contributed by atoms with E-state index in [0.717, 1.165) is 11.1 Å². The second-order valence-corrected chi connectivity index (χ2v) is 5.34. The standard InChI is InChI=1S/C18H17N3O4/c22-17(9-13-4-2-1-3-5-13)19-11-18(23)21-20-10-14-6-7-15-16(8-14)25-12-24-15/h1-8,10H,9,11-12H2,(H,19,22)(H,21,23). The zero-order chi connectivity index (χ0) is 17.5. The van der Waals surface area contributed by atoms with E-state index < -0.39 is 5.91 Å². The molecule has 2 aromatic rings. The highest BCUT2D eigenvalue weighted by Crippen LogP contribution is 2.31. The van der Waals surface area contributed by atoms with Gasteiger partial charge in [-0.3, -0.25) is 9.59 Å². The number of hydrogen-bond donors (Lipinski definition) is 2. The molecule has 2 amide bonds. The van der Waals surface area contributed by atoms with E-state index >= 15 is 0 Å². The van der Waals surface area contributed by atoms with Gasteiger partial charge in [-0.05, 0) is 29.3 Å². The molecule has 0 bridgehead atoms. The van der Waals surface area contributed by atoms with Crippen molar-refractivity contribution in [3.63, 3.8) is 0 Å². The molecule has 0 saturated carbocycles. The van der Waals surface area contributed by atoms with Crippen LogP contribution in [0.2, 0.25) is 0 Å². The van der Waals surface area contributed by atoms with Crippen molar-refractivity contribution in [1.82, 2.24) is 10.7 Å². The van der Waals surface area contributed by atoms with E-state index in [9.17, 15) is 9.59 Å². The number of carbonyl (C=O) groups is 2. The number of nitrogens with zero attached hydrogens (tertiary/aromatic N) is 1. The number of hydrogen-bond acceptors (Lipinski definition) is 5. The van der Waals surface area contributed by atoms with E-state index in [1.165, 1.54) is 6.21 Å². The van der Waals surface area contributed by atoms with Gasteiger partial charge in [-0.1, -0.05) is 30.3 Å². The zero-order valence-corrected chi connectivity index (χ0v) is 13.4. The number of nitrogens with one attached hydrogen (secondary N) is 2. The number of hydrazone groups is 1. The van der Waals surface area contributed by atoms with Crippen LogP contribution in [-0.2, 0) is 16.0 Å². The van der Waals surface area contributed by atoms with Crippen molar-refractivity contribution in [2.45, 2.75) is 6.42 Å². The van der Waals surface area contributed by atoms with Gasteiger partial charge in [0.2, 0.25) is 12.7 Å². The van der Waals surface area contributed by atoms with Crippen molar-refractivity contribution < 1.29 is 19.1 Å². The van der Waals surface area contributed by atoms with Crippen molar-refractivity contribution >= 4 is 18.0 Å². The topological polar surface area (TPSA) is 89.0 Å². The Morgan fingerprint density at radius 2 is 1.84 bits per heavy atom. The molecule has 1 heterocycles. The number of carbonyl (C=O) groups excluding carboxylic acids is 2. The van der Waals surface area contributed by atoms with Crippen LogP contribution in [-0.4, -0.2) is 31.4 Å². The Bertz CT molecular complexity index is 790. The van der Waals surface area contributed by atoms with Gasteiger partial charge in [0.1, 0.15) is 0 Å². The largest absolute Gasteiger partial charge is 0.454 e. The van der Waals surface area contributed by atoms with Gasteiger partial charge < -0.3 is 14.8 Å². The van der Waals surface area contributed by atoms with Crippen LogP contribution < -0.4 is 20.2 Å². The molecule has 2 N–H and O–H groups in total. The summed E-state index contributed by atoms with van der Waals surface area (Å²) in [6.45, 7) is 0.0689. The van der Waals surface area contributed by atoms with E-state index in [2.05, 4.69) is 15.8 Å².